The van der Waals surface area contributed by atoms with Crippen LogP contribution >= 0.6 is 0 Å². The highest BCUT2D eigenvalue weighted by molar-refractivity contribution is 5.39. The van der Waals surface area contributed by atoms with Crippen molar-refractivity contribution in [1.82, 2.24) is 4.90 Å². The number of nitrogens with zero attached hydrogens (tertiary/aromatic N) is 1. The van der Waals surface area contributed by atoms with Gasteiger partial charge in [0.1, 0.15) is 0 Å². The van der Waals surface area contributed by atoms with Gasteiger partial charge in [0.05, 0.1) is 0 Å². The monoisotopic (exact) mass is 248 g/mol. The van der Waals surface area contributed by atoms with Gasteiger partial charge in [-0.25, -0.2) is 0 Å². The SMILES string of the molecule is CCCCCCN(C)CCCc1ccc(N)cc1. The summed E-state index contributed by atoms with van der Waals surface area (Å²) in [6, 6.07) is 8.25. The van der Waals surface area contributed by atoms with Gasteiger partial charge in [0.2, 0.25) is 0 Å². The van der Waals surface area contributed by atoms with Crippen molar-refractivity contribution in [3.63, 3.8) is 0 Å². The van der Waals surface area contributed by atoms with Crippen LogP contribution in [-0.4, -0.2) is 25.0 Å². The van der Waals surface area contributed by atoms with Crippen molar-refractivity contribution in [2.24, 2.45) is 0 Å². The molecule has 0 atom stereocenters. The smallest absolute Gasteiger partial charge is 0.0314 e. The summed E-state index contributed by atoms with van der Waals surface area (Å²) in [6.45, 7) is 4.69. The lowest BCUT2D eigenvalue weighted by molar-refractivity contribution is 0.320. The summed E-state index contributed by atoms with van der Waals surface area (Å²) in [5.41, 5.74) is 7.92. The van der Waals surface area contributed by atoms with E-state index in [2.05, 4.69) is 31.0 Å². The van der Waals surface area contributed by atoms with Crippen LogP contribution in [0, 0.1) is 0 Å². The number of anilines is 1. The zero-order chi connectivity index (χ0) is 13.2. The Labute approximate surface area is 112 Å². The van der Waals surface area contributed by atoms with Crippen molar-refractivity contribution in [1.29, 1.82) is 0 Å². The molecule has 0 aliphatic heterocycles. The highest BCUT2D eigenvalue weighted by atomic mass is 15.1. The molecular formula is C16H28N2. The zero-order valence-electron chi connectivity index (χ0n) is 12.0. The molecule has 1 aromatic carbocycles. The van der Waals surface area contributed by atoms with Gasteiger partial charge in [-0.15, -0.1) is 0 Å². The number of aryl methyl sites for hydroxylation is 1. The predicted molar refractivity (Wildman–Crippen MR) is 80.8 cm³/mol. The van der Waals surface area contributed by atoms with E-state index in [0.717, 1.165) is 12.1 Å². The third kappa shape index (κ3) is 6.65. The molecule has 0 spiro atoms. The third-order valence-corrected chi connectivity index (χ3v) is 3.38. The summed E-state index contributed by atoms with van der Waals surface area (Å²) in [7, 11) is 2.23. The Morgan fingerprint density at radius 1 is 0.944 bits per heavy atom. The second-order valence-corrected chi connectivity index (χ2v) is 5.21. The van der Waals surface area contributed by atoms with Gasteiger partial charge in [-0.3, -0.25) is 0 Å². The number of hydrogen-bond donors (Lipinski definition) is 1. The topological polar surface area (TPSA) is 29.3 Å². The maximum Gasteiger partial charge on any atom is 0.0314 e. The van der Waals surface area contributed by atoms with Crippen LogP contribution in [0.4, 0.5) is 5.69 Å². The van der Waals surface area contributed by atoms with E-state index in [-0.39, 0.29) is 0 Å². The molecule has 2 N–H and O–H groups in total. The normalized spacial score (nSPS) is 11.1. The Balaban J connectivity index is 2.07. The van der Waals surface area contributed by atoms with Crippen LogP contribution in [0.1, 0.15) is 44.6 Å². The Bertz CT molecular complexity index is 305. The highest BCUT2D eigenvalue weighted by Gasteiger charge is 1.99. The predicted octanol–water partition coefficient (Wildman–Crippen LogP) is 3.71. The van der Waals surface area contributed by atoms with Crippen molar-refractivity contribution in [3.8, 4) is 0 Å². The first-order valence-electron chi connectivity index (χ1n) is 7.25. The Morgan fingerprint density at radius 3 is 2.28 bits per heavy atom. The van der Waals surface area contributed by atoms with E-state index in [1.54, 1.807) is 0 Å². The molecule has 0 saturated carbocycles. The molecule has 2 heteroatoms. The van der Waals surface area contributed by atoms with E-state index < -0.39 is 0 Å². The zero-order valence-corrected chi connectivity index (χ0v) is 12.0. The minimum atomic E-state index is 0.854. The van der Waals surface area contributed by atoms with E-state index >= 15 is 0 Å². The molecule has 0 aliphatic carbocycles. The number of hydrogen-bond acceptors (Lipinski definition) is 2. The molecular weight excluding hydrogens is 220 g/mol. The van der Waals surface area contributed by atoms with Gasteiger partial charge in [-0.2, -0.15) is 0 Å². The van der Waals surface area contributed by atoms with Gasteiger partial charge in [0, 0.05) is 5.69 Å². The molecule has 18 heavy (non-hydrogen) atoms. The molecule has 0 bridgehead atoms. The van der Waals surface area contributed by atoms with E-state index in [4.69, 9.17) is 5.73 Å². The second-order valence-electron chi connectivity index (χ2n) is 5.21. The molecule has 0 amide bonds. The molecule has 1 rings (SSSR count). The van der Waals surface area contributed by atoms with Crippen LogP contribution in [0.2, 0.25) is 0 Å². The van der Waals surface area contributed by atoms with E-state index in [1.807, 2.05) is 12.1 Å². The fraction of sp³-hybridized carbons (Fsp3) is 0.625. The lowest BCUT2D eigenvalue weighted by atomic mass is 10.1. The first-order valence-corrected chi connectivity index (χ1v) is 7.25. The van der Waals surface area contributed by atoms with Gasteiger partial charge < -0.3 is 10.6 Å². The van der Waals surface area contributed by atoms with Crippen molar-refractivity contribution >= 4 is 5.69 Å². The second kappa shape index (κ2) is 8.98. The average molecular weight is 248 g/mol. The fourth-order valence-electron chi connectivity index (χ4n) is 2.16. The quantitative estimate of drug-likeness (QED) is 0.533. The molecule has 0 fully saturated rings. The van der Waals surface area contributed by atoms with Crippen LogP contribution in [0.3, 0.4) is 0 Å². The van der Waals surface area contributed by atoms with Gasteiger partial charge in [-0.05, 0) is 57.1 Å². The molecule has 0 aliphatic rings. The van der Waals surface area contributed by atoms with Gasteiger partial charge in [-0.1, -0.05) is 38.3 Å². The number of unbranched alkanes of at least 4 members (excludes halogenated alkanes) is 3. The molecule has 0 aromatic heterocycles. The summed E-state index contributed by atoms with van der Waals surface area (Å²) in [6.07, 6.45) is 7.79. The van der Waals surface area contributed by atoms with E-state index in [1.165, 1.54) is 50.8 Å². The third-order valence-electron chi connectivity index (χ3n) is 3.38. The number of benzene rings is 1. The fourth-order valence-corrected chi connectivity index (χ4v) is 2.16. The maximum absolute atomic E-state index is 5.67. The standard InChI is InChI=1S/C16H28N2/c1-3-4-5-6-13-18(2)14-7-8-15-9-11-16(17)12-10-15/h9-12H,3-8,13-14,17H2,1-2H3. The Kier molecular flexibility index (Phi) is 7.51. The van der Waals surface area contributed by atoms with Crippen LogP contribution in [-0.2, 0) is 6.42 Å². The van der Waals surface area contributed by atoms with Crippen LogP contribution in [0.25, 0.3) is 0 Å². The van der Waals surface area contributed by atoms with Gasteiger partial charge in [0.15, 0.2) is 0 Å². The first-order chi connectivity index (χ1) is 8.72. The Morgan fingerprint density at radius 2 is 1.61 bits per heavy atom. The molecule has 1 aromatic rings. The summed E-state index contributed by atoms with van der Waals surface area (Å²) in [4.78, 5) is 2.45. The van der Waals surface area contributed by atoms with Crippen LogP contribution < -0.4 is 5.73 Å². The largest absolute Gasteiger partial charge is 0.399 e. The maximum atomic E-state index is 5.67. The van der Waals surface area contributed by atoms with E-state index in [9.17, 15) is 0 Å². The molecule has 0 unspecified atom stereocenters. The van der Waals surface area contributed by atoms with Crippen LogP contribution in [0.5, 0.6) is 0 Å². The first kappa shape index (κ1) is 15.0. The lowest BCUT2D eigenvalue weighted by Crippen LogP contribution is -2.21. The average Bonchev–Trinajstić information content (AvgIpc) is 2.37. The minimum absolute atomic E-state index is 0.854. The molecule has 102 valence electrons. The van der Waals surface area contributed by atoms with Gasteiger partial charge >= 0.3 is 0 Å². The summed E-state index contributed by atoms with van der Waals surface area (Å²) in [5.74, 6) is 0. The molecule has 0 radical (unpaired) electrons. The summed E-state index contributed by atoms with van der Waals surface area (Å²) < 4.78 is 0. The van der Waals surface area contributed by atoms with Crippen molar-refractivity contribution < 1.29 is 0 Å². The summed E-state index contributed by atoms with van der Waals surface area (Å²) >= 11 is 0. The van der Waals surface area contributed by atoms with E-state index in [0.29, 0.717) is 0 Å². The number of nitrogen functional groups attached to an aromatic ring is 1. The van der Waals surface area contributed by atoms with Crippen molar-refractivity contribution in [3.05, 3.63) is 29.8 Å². The van der Waals surface area contributed by atoms with Crippen molar-refractivity contribution in [2.75, 3.05) is 25.9 Å². The van der Waals surface area contributed by atoms with Crippen molar-refractivity contribution in [2.45, 2.75) is 45.4 Å². The summed E-state index contributed by atoms with van der Waals surface area (Å²) in [5, 5.41) is 0. The highest BCUT2D eigenvalue weighted by Crippen LogP contribution is 2.08. The van der Waals surface area contributed by atoms with Gasteiger partial charge in [0.25, 0.3) is 0 Å². The number of rotatable bonds is 9. The molecule has 2 nitrogen and oxygen atoms in total. The minimum Gasteiger partial charge on any atom is -0.399 e. The Hall–Kier alpha value is -1.02. The molecule has 0 saturated heterocycles. The van der Waals surface area contributed by atoms with Crippen LogP contribution in [0.15, 0.2) is 24.3 Å². The number of nitrogens with two attached hydrogens (primary N) is 1. The lowest BCUT2D eigenvalue weighted by Gasteiger charge is -2.16. The molecule has 0 heterocycles.